The number of carbonyl (C=O) groups is 1. The zero-order chi connectivity index (χ0) is 23.8. The van der Waals surface area contributed by atoms with Gasteiger partial charge >= 0.3 is 0 Å². The normalized spacial score (nSPS) is 11.5. The molecule has 5 aromatic rings. The number of rotatable bonds is 8. The molecule has 0 atom stereocenters. The maximum absolute atomic E-state index is 13.7. The molecule has 0 bridgehead atoms. The summed E-state index contributed by atoms with van der Waals surface area (Å²) in [7, 11) is 3.04. The summed E-state index contributed by atoms with van der Waals surface area (Å²) >= 11 is 0. The van der Waals surface area contributed by atoms with E-state index >= 15 is 0 Å². The lowest BCUT2D eigenvalue weighted by atomic mass is 10.1. The number of aliphatic hydroxyl groups is 1. The SMILES string of the molecule is COc1ccc2c(c1OC)c(=O)n1c3ccc(OCC(=O)NCCCO)cc3c3ccnc2c31. The maximum atomic E-state index is 13.7. The van der Waals surface area contributed by atoms with Gasteiger partial charge in [-0.25, -0.2) is 0 Å². The maximum Gasteiger partial charge on any atom is 0.267 e. The summed E-state index contributed by atoms with van der Waals surface area (Å²) in [4.78, 5) is 30.3. The molecule has 5 rings (SSSR count). The van der Waals surface area contributed by atoms with Gasteiger partial charge in [0.1, 0.15) is 5.75 Å². The third-order valence-corrected chi connectivity index (χ3v) is 5.89. The summed E-state index contributed by atoms with van der Waals surface area (Å²) in [6.45, 7) is 0.252. The number of benzene rings is 2. The predicted octanol–water partition coefficient (Wildman–Crippen LogP) is 2.49. The number of carbonyl (C=O) groups excluding carboxylic acids is 1. The minimum atomic E-state index is -0.271. The monoisotopic (exact) mass is 461 g/mol. The molecule has 2 aromatic carbocycles. The Balaban J connectivity index is 1.68. The van der Waals surface area contributed by atoms with Crippen molar-refractivity contribution in [2.45, 2.75) is 6.42 Å². The minimum Gasteiger partial charge on any atom is -0.493 e. The highest BCUT2D eigenvalue weighted by atomic mass is 16.5. The minimum absolute atomic E-state index is 0.0138. The first-order chi connectivity index (χ1) is 16.6. The zero-order valence-corrected chi connectivity index (χ0v) is 18.8. The Morgan fingerprint density at radius 1 is 1.09 bits per heavy atom. The van der Waals surface area contributed by atoms with Gasteiger partial charge in [0.25, 0.3) is 11.5 Å². The first kappa shape index (κ1) is 21.7. The quantitative estimate of drug-likeness (QED) is 0.270. The molecule has 9 heteroatoms. The summed E-state index contributed by atoms with van der Waals surface area (Å²) < 4.78 is 18.3. The van der Waals surface area contributed by atoms with Crippen molar-refractivity contribution in [3.63, 3.8) is 0 Å². The second-order valence-corrected chi connectivity index (χ2v) is 7.81. The third-order valence-electron chi connectivity index (χ3n) is 5.89. The third kappa shape index (κ3) is 3.32. The number of aliphatic hydroxyl groups excluding tert-OH is 1. The first-order valence-corrected chi connectivity index (χ1v) is 10.8. The van der Waals surface area contributed by atoms with Crippen LogP contribution in [-0.2, 0) is 4.79 Å². The molecule has 9 nitrogen and oxygen atoms in total. The summed E-state index contributed by atoms with van der Waals surface area (Å²) in [5, 5.41) is 14.2. The van der Waals surface area contributed by atoms with Crippen LogP contribution in [-0.4, -0.2) is 54.4 Å². The van der Waals surface area contributed by atoms with Crippen LogP contribution >= 0.6 is 0 Å². The number of methoxy groups -OCH3 is 2. The van der Waals surface area contributed by atoms with Crippen LogP contribution in [0.5, 0.6) is 17.2 Å². The molecule has 0 unspecified atom stereocenters. The Morgan fingerprint density at radius 3 is 2.71 bits per heavy atom. The number of fused-ring (bicyclic) bond motifs is 5. The van der Waals surface area contributed by atoms with Gasteiger partial charge in [0.15, 0.2) is 18.1 Å². The number of nitrogens with one attached hydrogen (secondary N) is 1. The zero-order valence-electron chi connectivity index (χ0n) is 18.8. The molecule has 2 N–H and O–H groups in total. The van der Waals surface area contributed by atoms with Crippen LogP contribution in [0.15, 0.2) is 47.4 Å². The van der Waals surface area contributed by atoms with Gasteiger partial charge in [-0.2, -0.15) is 0 Å². The van der Waals surface area contributed by atoms with Crippen molar-refractivity contribution in [3.8, 4) is 17.2 Å². The van der Waals surface area contributed by atoms with E-state index in [1.54, 1.807) is 28.8 Å². The molecule has 0 aliphatic rings. The molecule has 0 fully saturated rings. The van der Waals surface area contributed by atoms with Crippen LogP contribution in [0, 0.1) is 0 Å². The molecule has 0 saturated heterocycles. The number of hydrogen-bond donors (Lipinski definition) is 2. The summed E-state index contributed by atoms with van der Waals surface area (Å²) in [5.41, 5.74) is 1.85. The van der Waals surface area contributed by atoms with Gasteiger partial charge in [-0.15, -0.1) is 0 Å². The van der Waals surface area contributed by atoms with Gasteiger partial charge < -0.3 is 24.6 Å². The van der Waals surface area contributed by atoms with Crippen molar-refractivity contribution < 1.29 is 24.1 Å². The molecule has 0 radical (unpaired) electrons. The van der Waals surface area contributed by atoms with Gasteiger partial charge in [-0.1, -0.05) is 0 Å². The Bertz CT molecular complexity index is 1590. The topological polar surface area (TPSA) is 111 Å². The first-order valence-electron chi connectivity index (χ1n) is 10.8. The number of pyridine rings is 2. The lowest BCUT2D eigenvalue weighted by Crippen LogP contribution is -2.30. The highest BCUT2D eigenvalue weighted by molar-refractivity contribution is 6.19. The number of aromatic nitrogens is 2. The second kappa shape index (κ2) is 8.68. The highest BCUT2D eigenvalue weighted by Gasteiger charge is 2.22. The molecule has 0 saturated carbocycles. The lowest BCUT2D eigenvalue weighted by molar-refractivity contribution is -0.123. The molecule has 0 aliphatic heterocycles. The van der Waals surface area contributed by atoms with Crippen LogP contribution in [0.4, 0.5) is 0 Å². The van der Waals surface area contributed by atoms with Crippen molar-refractivity contribution in [2.75, 3.05) is 34.0 Å². The molecular formula is C25H23N3O6. The van der Waals surface area contributed by atoms with Crippen LogP contribution < -0.4 is 25.1 Å². The Labute approximate surface area is 193 Å². The van der Waals surface area contributed by atoms with E-state index in [0.717, 1.165) is 10.8 Å². The van der Waals surface area contributed by atoms with Gasteiger partial charge in [0.2, 0.25) is 0 Å². The van der Waals surface area contributed by atoms with Crippen LogP contribution in [0.1, 0.15) is 6.42 Å². The molecule has 34 heavy (non-hydrogen) atoms. The second-order valence-electron chi connectivity index (χ2n) is 7.81. The van der Waals surface area contributed by atoms with E-state index in [-0.39, 0.29) is 24.7 Å². The van der Waals surface area contributed by atoms with Crippen molar-refractivity contribution in [2.24, 2.45) is 0 Å². The van der Waals surface area contributed by atoms with E-state index in [0.29, 0.717) is 57.5 Å². The molecule has 174 valence electrons. The molecule has 3 heterocycles. The van der Waals surface area contributed by atoms with E-state index in [2.05, 4.69) is 10.3 Å². The standard InChI is InChI=1S/C25H23N3O6/c1-32-19-7-5-16-21(24(19)33-2)25(31)28-18-6-4-14(34-13-20(30)26-9-3-11-29)12-17(18)15-8-10-27-22(16)23(15)28/h4-8,10,12,29H,3,9,11,13H2,1-2H3,(H,26,30). The Morgan fingerprint density at radius 2 is 1.94 bits per heavy atom. The summed E-state index contributed by atoms with van der Waals surface area (Å²) in [6, 6.07) is 10.8. The lowest BCUT2D eigenvalue weighted by Gasteiger charge is -2.12. The van der Waals surface area contributed by atoms with Crippen molar-refractivity contribution in [1.29, 1.82) is 0 Å². The Kier molecular flexibility index (Phi) is 5.54. The van der Waals surface area contributed by atoms with Gasteiger partial charge in [-0.05, 0) is 42.8 Å². The number of hydrogen-bond acceptors (Lipinski definition) is 7. The van der Waals surface area contributed by atoms with Crippen LogP contribution in [0.2, 0.25) is 0 Å². The number of ether oxygens (including phenoxy) is 3. The van der Waals surface area contributed by atoms with E-state index in [1.165, 1.54) is 14.2 Å². The molecular weight excluding hydrogens is 438 g/mol. The van der Waals surface area contributed by atoms with E-state index < -0.39 is 0 Å². The van der Waals surface area contributed by atoms with Crippen molar-refractivity contribution in [3.05, 3.63) is 52.9 Å². The van der Waals surface area contributed by atoms with Gasteiger partial charge in [-0.3, -0.25) is 19.0 Å². The fourth-order valence-corrected chi connectivity index (χ4v) is 4.40. The van der Waals surface area contributed by atoms with Crippen LogP contribution in [0.3, 0.4) is 0 Å². The summed E-state index contributed by atoms with van der Waals surface area (Å²) in [5.74, 6) is 1.07. The summed E-state index contributed by atoms with van der Waals surface area (Å²) in [6.07, 6.45) is 2.19. The van der Waals surface area contributed by atoms with Gasteiger partial charge in [0.05, 0.1) is 36.2 Å². The Hall–Kier alpha value is -4.11. The largest absolute Gasteiger partial charge is 0.493 e. The molecule has 0 spiro atoms. The molecule has 0 aliphatic carbocycles. The molecule has 1 amide bonds. The average Bonchev–Trinajstić information content (AvgIpc) is 3.20. The molecule has 3 aromatic heterocycles. The van der Waals surface area contributed by atoms with Crippen molar-refractivity contribution in [1.82, 2.24) is 14.7 Å². The predicted molar refractivity (Wildman–Crippen MR) is 128 cm³/mol. The average molecular weight is 461 g/mol. The number of amides is 1. The van der Waals surface area contributed by atoms with Gasteiger partial charge in [0, 0.05) is 35.5 Å². The fraction of sp³-hybridized carbons (Fsp3) is 0.240. The van der Waals surface area contributed by atoms with Crippen LogP contribution in [0.25, 0.3) is 38.1 Å². The fourth-order valence-electron chi connectivity index (χ4n) is 4.40. The van der Waals surface area contributed by atoms with Crippen molar-refractivity contribution >= 4 is 44.0 Å². The van der Waals surface area contributed by atoms with E-state index in [9.17, 15) is 9.59 Å². The van der Waals surface area contributed by atoms with E-state index in [4.69, 9.17) is 19.3 Å². The van der Waals surface area contributed by atoms with E-state index in [1.807, 2.05) is 18.2 Å². The smallest absolute Gasteiger partial charge is 0.267 e. The highest BCUT2D eigenvalue weighted by Crippen LogP contribution is 2.39. The number of nitrogens with zero attached hydrogens (tertiary/aromatic N) is 2.